The first-order chi connectivity index (χ1) is 5.60. The lowest BCUT2D eigenvalue weighted by atomic mass is 10.1. The smallest absolute Gasteiger partial charge is 0.302 e. The Kier molecular flexibility index (Phi) is 144. The largest absolute Gasteiger partial charge is 0.462 e. The second-order valence-electron chi connectivity index (χ2n) is 2.94. The Morgan fingerprint density at radius 3 is 1.38 bits per heavy atom. The predicted octanol–water partition coefficient (Wildman–Crippen LogP) is 7.21. The van der Waals surface area contributed by atoms with Crippen molar-refractivity contribution in [3.05, 3.63) is 0 Å². The highest BCUT2D eigenvalue weighted by atomic mass is 16.5. The van der Waals surface area contributed by atoms with E-state index in [-0.39, 0.29) is 85.0 Å². The highest BCUT2D eigenvalue weighted by Crippen LogP contribution is 2.09. The Morgan fingerprint density at radius 1 is 0.857 bits per heavy atom. The number of hydrogen-bond donors (Lipinski definition) is 1. The Morgan fingerprint density at radius 2 is 1.19 bits per heavy atom. The topological polar surface area (TPSA) is 46.5 Å². The van der Waals surface area contributed by atoms with Gasteiger partial charge >= 0.3 is 5.97 Å². The molecule has 0 aliphatic carbocycles. The van der Waals surface area contributed by atoms with Crippen molar-refractivity contribution in [2.24, 2.45) is 0 Å². The molecule has 0 heterocycles. The number of aliphatic hydroxyl groups is 1. The van der Waals surface area contributed by atoms with Crippen LogP contribution in [0.4, 0.5) is 0 Å². The van der Waals surface area contributed by atoms with Gasteiger partial charge in [0.15, 0.2) is 0 Å². The highest BCUT2D eigenvalue weighted by molar-refractivity contribution is 5.66. The standard InChI is InChI=1S/C9H18O3.9CH4/c1-4-8(11)6-9(5-2)12-7(3)10;;;;;;;;;/h8-9,11H,4-6H2,1-3H3;9*1H4. The molecular weight excluding hydrogens is 264 g/mol. The summed E-state index contributed by atoms with van der Waals surface area (Å²) in [6, 6.07) is 0. The molecule has 0 saturated carbocycles. The molecule has 0 aromatic carbocycles. The molecule has 0 aromatic heterocycles. The minimum absolute atomic E-state index is 0. The van der Waals surface area contributed by atoms with Crippen LogP contribution < -0.4 is 0 Å². The van der Waals surface area contributed by atoms with E-state index in [0.29, 0.717) is 12.8 Å². The fourth-order valence-electron chi connectivity index (χ4n) is 1.00. The average Bonchev–Trinajstić information content (AvgIpc) is 2.02. The number of carbonyl (C=O) groups is 1. The molecule has 21 heavy (non-hydrogen) atoms. The van der Waals surface area contributed by atoms with E-state index in [1.54, 1.807) is 0 Å². The first kappa shape index (κ1) is 70.9. The molecule has 0 bridgehead atoms. The van der Waals surface area contributed by atoms with Crippen molar-refractivity contribution < 1.29 is 14.6 Å². The summed E-state index contributed by atoms with van der Waals surface area (Å²) in [7, 11) is 0. The quantitative estimate of drug-likeness (QED) is 0.544. The van der Waals surface area contributed by atoms with Crippen molar-refractivity contribution in [1.29, 1.82) is 0 Å². The van der Waals surface area contributed by atoms with Gasteiger partial charge in [0.1, 0.15) is 6.10 Å². The van der Waals surface area contributed by atoms with Crippen molar-refractivity contribution in [2.75, 3.05) is 0 Å². The van der Waals surface area contributed by atoms with Gasteiger partial charge in [-0.15, -0.1) is 0 Å². The van der Waals surface area contributed by atoms with Gasteiger partial charge in [-0.1, -0.05) is 80.7 Å². The van der Waals surface area contributed by atoms with E-state index in [1.807, 2.05) is 13.8 Å². The van der Waals surface area contributed by atoms with Crippen molar-refractivity contribution >= 4 is 5.97 Å². The molecule has 3 heteroatoms. The van der Waals surface area contributed by atoms with Crippen LogP contribution in [0, 0.1) is 0 Å². The molecule has 3 nitrogen and oxygen atoms in total. The number of ether oxygens (including phenoxy) is 1. The van der Waals surface area contributed by atoms with Gasteiger partial charge in [0.25, 0.3) is 0 Å². The molecule has 0 radical (unpaired) electrons. The number of aliphatic hydroxyl groups excluding tert-OH is 1. The summed E-state index contributed by atoms with van der Waals surface area (Å²) in [6.45, 7) is 5.24. The normalized spacial score (nSPS) is 8.76. The van der Waals surface area contributed by atoms with E-state index in [9.17, 15) is 9.90 Å². The molecule has 0 aliphatic rings. The maximum absolute atomic E-state index is 10.6. The maximum atomic E-state index is 10.6. The van der Waals surface area contributed by atoms with Gasteiger partial charge in [0.05, 0.1) is 6.10 Å². The van der Waals surface area contributed by atoms with E-state index in [0.717, 1.165) is 6.42 Å². The van der Waals surface area contributed by atoms with Gasteiger partial charge in [-0.3, -0.25) is 4.79 Å². The first-order valence-corrected chi connectivity index (χ1v) is 4.45. The molecule has 0 aromatic rings. The maximum Gasteiger partial charge on any atom is 0.302 e. The van der Waals surface area contributed by atoms with Crippen molar-refractivity contribution in [2.45, 2.75) is 119 Å². The fraction of sp³-hybridized carbons (Fsp3) is 0.944. The molecule has 0 saturated heterocycles. The summed E-state index contributed by atoms with van der Waals surface area (Å²) in [6.07, 6.45) is 1.54. The first-order valence-electron chi connectivity index (χ1n) is 4.45. The summed E-state index contributed by atoms with van der Waals surface area (Å²) >= 11 is 0. The van der Waals surface area contributed by atoms with Crippen LogP contribution in [0.1, 0.15) is 107 Å². The molecule has 1 N–H and O–H groups in total. The Bertz CT molecular complexity index is 136. The van der Waals surface area contributed by atoms with Gasteiger partial charge in [0.2, 0.25) is 0 Å². The highest BCUT2D eigenvalue weighted by Gasteiger charge is 2.13. The zero-order chi connectivity index (χ0) is 9.56. The zero-order valence-corrected chi connectivity index (χ0v) is 8.04. The number of carbonyl (C=O) groups excluding carboxylic acids is 1. The summed E-state index contributed by atoms with van der Waals surface area (Å²) in [5, 5.41) is 9.28. The molecule has 144 valence electrons. The molecule has 0 aliphatic heterocycles. The lowest BCUT2D eigenvalue weighted by molar-refractivity contribution is -0.147. The molecule has 0 spiro atoms. The Balaban J connectivity index is -0.0000000168. The Labute approximate surface area is 140 Å². The number of rotatable bonds is 5. The van der Waals surface area contributed by atoms with Crippen LogP contribution in [0.25, 0.3) is 0 Å². The van der Waals surface area contributed by atoms with Crippen molar-refractivity contribution in [3.8, 4) is 0 Å². The van der Waals surface area contributed by atoms with Crippen LogP contribution in [0.2, 0.25) is 0 Å². The molecule has 0 fully saturated rings. The third-order valence-corrected chi connectivity index (χ3v) is 1.79. The van der Waals surface area contributed by atoms with Crippen LogP contribution >= 0.6 is 0 Å². The van der Waals surface area contributed by atoms with Gasteiger partial charge in [-0.05, 0) is 12.8 Å². The van der Waals surface area contributed by atoms with Crippen LogP contribution in [-0.4, -0.2) is 23.3 Å². The molecule has 2 atom stereocenters. The van der Waals surface area contributed by atoms with Gasteiger partial charge < -0.3 is 9.84 Å². The molecular formula is C18H54O3. The minimum Gasteiger partial charge on any atom is -0.462 e. The van der Waals surface area contributed by atoms with Gasteiger partial charge in [-0.2, -0.15) is 0 Å². The summed E-state index contributed by atoms with van der Waals surface area (Å²) < 4.78 is 4.97. The van der Waals surface area contributed by atoms with Crippen molar-refractivity contribution in [1.82, 2.24) is 0 Å². The van der Waals surface area contributed by atoms with Crippen LogP contribution in [0.5, 0.6) is 0 Å². The lowest BCUT2D eigenvalue weighted by Gasteiger charge is -2.17. The van der Waals surface area contributed by atoms with Crippen molar-refractivity contribution in [3.63, 3.8) is 0 Å². The van der Waals surface area contributed by atoms with E-state index < -0.39 is 0 Å². The fourth-order valence-corrected chi connectivity index (χ4v) is 1.00. The number of esters is 1. The lowest BCUT2D eigenvalue weighted by Crippen LogP contribution is -2.21. The number of hydrogen-bond acceptors (Lipinski definition) is 3. The van der Waals surface area contributed by atoms with Crippen LogP contribution in [0.15, 0.2) is 0 Å². The SMILES string of the molecule is C.C.C.C.C.C.C.C.C.CCC(O)CC(CC)OC(C)=O. The Hall–Kier alpha value is -0.570. The summed E-state index contributed by atoms with van der Waals surface area (Å²) in [5.74, 6) is -0.273. The van der Waals surface area contributed by atoms with E-state index in [2.05, 4.69) is 0 Å². The van der Waals surface area contributed by atoms with Crippen LogP contribution in [-0.2, 0) is 9.53 Å². The second kappa shape index (κ2) is 42.7. The third kappa shape index (κ3) is 45.2. The van der Waals surface area contributed by atoms with Gasteiger partial charge in [0, 0.05) is 13.3 Å². The summed E-state index contributed by atoms with van der Waals surface area (Å²) in [4.78, 5) is 10.6. The monoisotopic (exact) mass is 318 g/mol. The van der Waals surface area contributed by atoms with Gasteiger partial charge in [-0.25, -0.2) is 0 Å². The summed E-state index contributed by atoms with van der Waals surface area (Å²) in [5.41, 5.74) is 0. The van der Waals surface area contributed by atoms with Crippen LogP contribution in [0.3, 0.4) is 0 Å². The van der Waals surface area contributed by atoms with E-state index in [1.165, 1.54) is 6.92 Å². The second-order valence-corrected chi connectivity index (χ2v) is 2.94. The third-order valence-electron chi connectivity index (χ3n) is 1.79. The molecule has 2 unspecified atom stereocenters. The van der Waals surface area contributed by atoms with E-state index >= 15 is 0 Å². The average molecular weight is 319 g/mol. The predicted molar refractivity (Wildman–Crippen MR) is 107 cm³/mol. The molecule has 0 amide bonds. The molecule has 0 rings (SSSR count). The minimum atomic E-state index is -0.353. The van der Waals surface area contributed by atoms with E-state index in [4.69, 9.17) is 4.74 Å². The zero-order valence-electron chi connectivity index (χ0n) is 8.04.